The summed E-state index contributed by atoms with van der Waals surface area (Å²) in [6.07, 6.45) is 3.75. The molecule has 26 heavy (non-hydrogen) atoms. The third-order valence-corrected chi connectivity index (χ3v) is 4.31. The Hall–Kier alpha value is -3.53. The molecule has 0 aliphatic carbocycles. The number of phenols is 1. The van der Waals surface area contributed by atoms with Gasteiger partial charge in [-0.15, -0.1) is 0 Å². The lowest BCUT2D eigenvalue weighted by atomic mass is 10.1. The van der Waals surface area contributed by atoms with Crippen molar-refractivity contribution in [3.63, 3.8) is 0 Å². The van der Waals surface area contributed by atoms with Crippen LogP contribution in [-0.4, -0.2) is 23.1 Å². The maximum atomic E-state index is 9.92. The van der Waals surface area contributed by atoms with Crippen molar-refractivity contribution in [2.45, 2.75) is 0 Å². The molecule has 4 nitrogen and oxygen atoms in total. The predicted molar refractivity (Wildman–Crippen MR) is 105 cm³/mol. The third kappa shape index (κ3) is 2.93. The summed E-state index contributed by atoms with van der Waals surface area (Å²) in [6, 6.07) is 23.7. The molecule has 0 saturated carbocycles. The lowest BCUT2D eigenvalue weighted by Crippen LogP contribution is -1.90. The first-order valence-corrected chi connectivity index (χ1v) is 8.33. The highest BCUT2D eigenvalue weighted by Gasteiger charge is 2.09. The van der Waals surface area contributed by atoms with Crippen LogP contribution < -0.4 is 4.74 Å². The maximum absolute atomic E-state index is 9.92. The van der Waals surface area contributed by atoms with E-state index in [1.54, 1.807) is 18.3 Å². The van der Waals surface area contributed by atoms with E-state index < -0.39 is 0 Å². The van der Waals surface area contributed by atoms with Crippen molar-refractivity contribution >= 4 is 17.1 Å². The summed E-state index contributed by atoms with van der Waals surface area (Å²) >= 11 is 0. The minimum atomic E-state index is 0.0961. The molecule has 0 radical (unpaired) electrons. The van der Waals surface area contributed by atoms with Crippen molar-refractivity contribution in [2.24, 2.45) is 5.10 Å². The Bertz CT molecular complexity index is 1080. The summed E-state index contributed by atoms with van der Waals surface area (Å²) in [5, 5.41) is 15.7. The molecule has 4 rings (SSSR count). The normalized spacial score (nSPS) is 11.3. The molecule has 128 valence electrons. The van der Waals surface area contributed by atoms with Crippen molar-refractivity contribution in [3.05, 3.63) is 84.6 Å². The van der Waals surface area contributed by atoms with Crippen LogP contribution in [0.15, 0.2) is 84.1 Å². The van der Waals surface area contributed by atoms with Crippen LogP contribution in [0.4, 0.5) is 0 Å². The molecule has 0 aliphatic rings. The molecule has 0 aliphatic heterocycles. The molecular formula is C22H18N2O2. The molecule has 0 fully saturated rings. The average Bonchev–Trinajstić information content (AvgIpc) is 3.06. The first-order valence-electron chi connectivity index (χ1n) is 8.33. The average molecular weight is 342 g/mol. The van der Waals surface area contributed by atoms with Crippen molar-refractivity contribution in [3.8, 4) is 22.6 Å². The molecule has 0 amide bonds. The van der Waals surface area contributed by atoms with Gasteiger partial charge in [-0.3, -0.25) is 0 Å². The smallest absolute Gasteiger partial charge is 0.160 e. The van der Waals surface area contributed by atoms with E-state index in [0.29, 0.717) is 5.75 Å². The van der Waals surface area contributed by atoms with E-state index in [1.807, 2.05) is 53.3 Å². The van der Waals surface area contributed by atoms with Crippen LogP contribution in [0, 0.1) is 0 Å². The van der Waals surface area contributed by atoms with E-state index in [1.165, 1.54) is 7.11 Å². The van der Waals surface area contributed by atoms with Gasteiger partial charge in [0.25, 0.3) is 0 Å². The Morgan fingerprint density at radius 3 is 2.50 bits per heavy atom. The number of ether oxygens (including phenoxy) is 1. The van der Waals surface area contributed by atoms with Crippen LogP contribution in [0.5, 0.6) is 11.5 Å². The van der Waals surface area contributed by atoms with Crippen molar-refractivity contribution in [1.29, 1.82) is 0 Å². The van der Waals surface area contributed by atoms with E-state index in [-0.39, 0.29) is 5.75 Å². The Labute approximate surface area is 151 Å². The van der Waals surface area contributed by atoms with Crippen molar-refractivity contribution < 1.29 is 9.84 Å². The number of hydrogen-bond donors (Lipinski definition) is 1. The van der Waals surface area contributed by atoms with Crippen LogP contribution >= 0.6 is 0 Å². The van der Waals surface area contributed by atoms with Gasteiger partial charge in [0.15, 0.2) is 11.5 Å². The lowest BCUT2D eigenvalue weighted by Gasteiger charge is -2.03. The summed E-state index contributed by atoms with van der Waals surface area (Å²) in [7, 11) is 1.53. The van der Waals surface area contributed by atoms with E-state index in [0.717, 1.165) is 27.6 Å². The van der Waals surface area contributed by atoms with Gasteiger partial charge < -0.3 is 9.84 Å². The van der Waals surface area contributed by atoms with Gasteiger partial charge in [0, 0.05) is 17.1 Å². The number of para-hydroxylation sites is 1. The van der Waals surface area contributed by atoms with Crippen LogP contribution in [0.1, 0.15) is 5.56 Å². The number of aromatic nitrogens is 1. The zero-order valence-corrected chi connectivity index (χ0v) is 14.3. The van der Waals surface area contributed by atoms with E-state index in [9.17, 15) is 5.11 Å². The molecule has 4 aromatic rings. The number of fused-ring (bicyclic) bond motifs is 1. The highest BCUT2D eigenvalue weighted by atomic mass is 16.5. The van der Waals surface area contributed by atoms with E-state index in [2.05, 4.69) is 23.3 Å². The number of benzene rings is 3. The SMILES string of the molecule is COc1ccc(C=Nn2cc(-c3ccccc3)c3ccccc32)cc1O. The monoisotopic (exact) mass is 342 g/mol. The molecule has 0 saturated heterocycles. The summed E-state index contributed by atoms with van der Waals surface area (Å²) in [6.45, 7) is 0. The highest BCUT2D eigenvalue weighted by molar-refractivity contribution is 5.96. The topological polar surface area (TPSA) is 46.8 Å². The van der Waals surface area contributed by atoms with Crippen LogP contribution in [0.2, 0.25) is 0 Å². The zero-order valence-electron chi connectivity index (χ0n) is 14.3. The van der Waals surface area contributed by atoms with Crippen LogP contribution in [0.25, 0.3) is 22.0 Å². The molecule has 0 spiro atoms. The van der Waals surface area contributed by atoms with Gasteiger partial charge in [0.05, 0.1) is 18.8 Å². The second-order valence-corrected chi connectivity index (χ2v) is 5.95. The molecule has 3 aromatic carbocycles. The summed E-state index contributed by atoms with van der Waals surface area (Å²) in [4.78, 5) is 0. The fourth-order valence-corrected chi connectivity index (χ4v) is 3.02. The second kappa shape index (κ2) is 6.76. The molecule has 0 atom stereocenters. The van der Waals surface area contributed by atoms with Gasteiger partial charge in [-0.2, -0.15) is 5.10 Å². The van der Waals surface area contributed by atoms with Crippen LogP contribution in [0.3, 0.4) is 0 Å². The molecule has 1 heterocycles. The number of phenolic OH excluding ortho intramolecular Hbond substituents is 1. The van der Waals surface area contributed by atoms with Crippen molar-refractivity contribution in [1.82, 2.24) is 4.68 Å². The Kier molecular flexibility index (Phi) is 4.15. The third-order valence-electron chi connectivity index (χ3n) is 4.31. The first-order chi connectivity index (χ1) is 12.8. The number of rotatable bonds is 4. The second-order valence-electron chi connectivity index (χ2n) is 5.95. The van der Waals surface area contributed by atoms with Gasteiger partial charge >= 0.3 is 0 Å². The molecule has 4 heteroatoms. The van der Waals surface area contributed by atoms with Gasteiger partial charge in [0.2, 0.25) is 0 Å². The largest absolute Gasteiger partial charge is 0.504 e. The Morgan fingerprint density at radius 2 is 1.73 bits per heavy atom. The Balaban J connectivity index is 1.76. The highest BCUT2D eigenvalue weighted by Crippen LogP contribution is 2.30. The predicted octanol–water partition coefficient (Wildman–Crippen LogP) is 4.90. The fraction of sp³-hybridized carbons (Fsp3) is 0.0455. The molecule has 1 N–H and O–H groups in total. The van der Waals surface area contributed by atoms with Gasteiger partial charge in [0.1, 0.15) is 0 Å². The minimum Gasteiger partial charge on any atom is -0.504 e. The lowest BCUT2D eigenvalue weighted by molar-refractivity contribution is 0.373. The standard InChI is InChI=1S/C22H18N2O2/c1-26-22-12-11-16(13-21(22)25)14-23-24-15-19(17-7-3-2-4-8-17)18-9-5-6-10-20(18)24/h2-15,25H,1H3. The number of methoxy groups -OCH3 is 1. The number of hydrogen-bond acceptors (Lipinski definition) is 3. The van der Waals surface area contributed by atoms with E-state index in [4.69, 9.17) is 4.74 Å². The molecule has 1 aromatic heterocycles. The Morgan fingerprint density at radius 1 is 0.962 bits per heavy atom. The summed E-state index contributed by atoms with van der Waals surface area (Å²) in [5.41, 5.74) is 4.11. The van der Waals surface area contributed by atoms with E-state index >= 15 is 0 Å². The first kappa shape index (κ1) is 16.0. The minimum absolute atomic E-state index is 0.0961. The van der Waals surface area contributed by atoms with Gasteiger partial charge in [-0.1, -0.05) is 48.5 Å². The summed E-state index contributed by atoms with van der Waals surface area (Å²) < 4.78 is 6.93. The molecule has 0 bridgehead atoms. The van der Waals surface area contributed by atoms with Gasteiger partial charge in [-0.25, -0.2) is 4.68 Å². The van der Waals surface area contributed by atoms with Crippen molar-refractivity contribution in [2.75, 3.05) is 7.11 Å². The molecular weight excluding hydrogens is 324 g/mol. The number of aromatic hydroxyl groups is 1. The summed E-state index contributed by atoms with van der Waals surface area (Å²) in [5.74, 6) is 0.540. The maximum Gasteiger partial charge on any atom is 0.160 e. The fourth-order valence-electron chi connectivity index (χ4n) is 3.02. The van der Waals surface area contributed by atoms with Gasteiger partial charge in [-0.05, 0) is 35.4 Å². The quantitative estimate of drug-likeness (QED) is 0.536. The number of nitrogens with zero attached hydrogens (tertiary/aromatic N) is 2. The zero-order chi connectivity index (χ0) is 17.9. The van der Waals surface area contributed by atoms with Crippen LogP contribution in [-0.2, 0) is 0 Å². The molecule has 0 unspecified atom stereocenters.